The molecule has 1 aromatic heterocycles. The number of rotatable bonds is 5. The van der Waals surface area contributed by atoms with Gasteiger partial charge < -0.3 is 5.32 Å². The van der Waals surface area contributed by atoms with Gasteiger partial charge in [-0.15, -0.1) is 0 Å². The van der Waals surface area contributed by atoms with Crippen molar-refractivity contribution < 1.29 is 18.0 Å². The van der Waals surface area contributed by atoms with Crippen LogP contribution in [0.2, 0.25) is 5.02 Å². The first-order valence-electron chi connectivity index (χ1n) is 9.04. The Hall–Kier alpha value is -2.80. The van der Waals surface area contributed by atoms with Crippen LogP contribution in [-0.4, -0.2) is 15.7 Å². The van der Waals surface area contributed by atoms with Gasteiger partial charge in [0.1, 0.15) is 5.69 Å². The van der Waals surface area contributed by atoms with Crippen LogP contribution in [0.3, 0.4) is 0 Å². The van der Waals surface area contributed by atoms with Crippen LogP contribution in [0, 0.1) is 0 Å². The minimum atomic E-state index is -4.70. The molecule has 0 radical (unpaired) electrons. The van der Waals surface area contributed by atoms with Gasteiger partial charge in [-0.1, -0.05) is 55.8 Å². The van der Waals surface area contributed by atoms with Crippen molar-refractivity contribution in [2.75, 3.05) is 5.32 Å². The molecule has 0 bridgehead atoms. The van der Waals surface area contributed by atoms with Gasteiger partial charge >= 0.3 is 6.18 Å². The Morgan fingerprint density at radius 1 is 1.17 bits per heavy atom. The normalized spacial score (nSPS) is 12.6. The maximum absolute atomic E-state index is 13.3. The highest BCUT2D eigenvalue weighted by Gasteiger charge is 2.36. The van der Waals surface area contributed by atoms with E-state index < -0.39 is 17.8 Å². The molecule has 3 rings (SSSR count). The molecule has 0 saturated carbocycles. The number of carbonyl (C=O) groups is 1. The topological polar surface area (TPSA) is 46.9 Å². The first-order valence-corrected chi connectivity index (χ1v) is 9.42. The van der Waals surface area contributed by atoms with E-state index in [2.05, 4.69) is 10.4 Å². The summed E-state index contributed by atoms with van der Waals surface area (Å²) in [6.07, 6.45) is -3.85. The summed E-state index contributed by atoms with van der Waals surface area (Å²) in [5, 5.41) is 6.50. The van der Waals surface area contributed by atoms with Crippen molar-refractivity contribution in [3.05, 3.63) is 76.6 Å². The number of carbonyl (C=O) groups excluding carboxylic acids is 1. The molecule has 0 aliphatic heterocycles. The van der Waals surface area contributed by atoms with Gasteiger partial charge in [0.15, 0.2) is 5.69 Å². The largest absolute Gasteiger partial charge is 0.435 e. The van der Waals surface area contributed by atoms with E-state index in [4.69, 9.17) is 11.6 Å². The highest BCUT2D eigenvalue weighted by atomic mass is 35.5. The van der Waals surface area contributed by atoms with Crippen molar-refractivity contribution in [2.45, 2.75) is 32.4 Å². The van der Waals surface area contributed by atoms with E-state index in [1.165, 1.54) is 12.1 Å². The predicted molar refractivity (Wildman–Crippen MR) is 107 cm³/mol. The molecule has 8 heteroatoms. The third-order valence-corrected chi connectivity index (χ3v) is 4.98. The summed E-state index contributed by atoms with van der Waals surface area (Å²) in [6.45, 7) is 4.03. The second kappa shape index (κ2) is 8.29. The first kappa shape index (κ1) is 20.9. The summed E-state index contributed by atoms with van der Waals surface area (Å²) in [5.41, 5.74) is 0.211. The van der Waals surface area contributed by atoms with Gasteiger partial charge in [0.05, 0.1) is 10.7 Å². The Kier molecular flexibility index (Phi) is 5.98. The van der Waals surface area contributed by atoms with Crippen molar-refractivity contribution >= 4 is 23.2 Å². The number of hydrogen-bond acceptors (Lipinski definition) is 2. The third-order valence-electron chi connectivity index (χ3n) is 4.67. The Morgan fingerprint density at radius 3 is 2.48 bits per heavy atom. The summed E-state index contributed by atoms with van der Waals surface area (Å²) >= 11 is 6.13. The van der Waals surface area contributed by atoms with Crippen LogP contribution in [0.4, 0.5) is 18.9 Å². The van der Waals surface area contributed by atoms with E-state index in [-0.39, 0.29) is 22.3 Å². The lowest BCUT2D eigenvalue weighted by Crippen LogP contribution is -2.18. The monoisotopic (exact) mass is 421 g/mol. The standard InChI is InChI=1S/C21H19ClF3N3O/c1-3-13(2)14-8-4-6-10-16(14)26-20(29)18-12-19(21(23,24)25)27-28(18)17-11-7-5-9-15(17)22/h4-13H,3H2,1-2H3,(H,26,29). The summed E-state index contributed by atoms with van der Waals surface area (Å²) in [6, 6.07) is 14.2. The van der Waals surface area contributed by atoms with Gasteiger partial charge in [0.2, 0.25) is 0 Å². The SMILES string of the molecule is CCC(C)c1ccccc1NC(=O)c1cc(C(F)(F)F)nn1-c1ccccc1Cl. The minimum absolute atomic E-state index is 0.172. The van der Waals surface area contributed by atoms with Crippen molar-refractivity contribution in [1.82, 2.24) is 9.78 Å². The van der Waals surface area contributed by atoms with E-state index in [1.807, 2.05) is 26.0 Å². The molecule has 0 fully saturated rings. The van der Waals surface area contributed by atoms with Gasteiger partial charge in [-0.2, -0.15) is 18.3 Å². The number of anilines is 1. The van der Waals surface area contributed by atoms with Crippen molar-refractivity contribution in [3.63, 3.8) is 0 Å². The Morgan fingerprint density at radius 2 is 1.83 bits per heavy atom. The first-order chi connectivity index (χ1) is 13.7. The molecule has 0 aliphatic rings. The lowest BCUT2D eigenvalue weighted by atomic mass is 9.97. The van der Waals surface area contributed by atoms with Crippen molar-refractivity contribution in [3.8, 4) is 5.69 Å². The van der Waals surface area contributed by atoms with Crippen LogP contribution in [0.25, 0.3) is 5.69 Å². The average Bonchev–Trinajstić information content (AvgIpc) is 3.14. The molecule has 4 nitrogen and oxygen atoms in total. The van der Waals surface area contributed by atoms with E-state index in [0.717, 1.165) is 22.7 Å². The van der Waals surface area contributed by atoms with Crippen LogP contribution >= 0.6 is 11.6 Å². The molecule has 1 atom stereocenters. The fourth-order valence-corrected chi connectivity index (χ4v) is 3.15. The Balaban J connectivity index is 2.06. The molecule has 3 aromatic rings. The van der Waals surface area contributed by atoms with Crippen LogP contribution in [-0.2, 0) is 6.18 Å². The lowest BCUT2D eigenvalue weighted by Gasteiger charge is -2.16. The van der Waals surface area contributed by atoms with Gasteiger partial charge in [0.25, 0.3) is 5.91 Å². The zero-order valence-electron chi connectivity index (χ0n) is 15.8. The van der Waals surface area contributed by atoms with E-state index in [1.54, 1.807) is 24.3 Å². The summed E-state index contributed by atoms with van der Waals surface area (Å²) < 4.78 is 40.7. The number of halogens is 4. The Bertz CT molecular complexity index is 1030. The number of aromatic nitrogens is 2. The third kappa shape index (κ3) is 4.45. The van der Waals surface area contributed by atoms with Crippen LogP contribution < -0.4 is 5.32 Å². The fraction of sp³-hybridized carbons (Fsp3) is 0.238. The fourth-order valence-electron chi connectivity index (χ4n) is 2.94. The highest BCUT2D eigenvalue weighted by Crippen LogP contribution is 2.32. The molecule has 0 spiro atoms. The van der Waals surface area contributed by atoms with E-state index in [9.17, 15) is 18.0 Å². The molecular weight excluding hydrogens is 403 g/mol. The minimum Gasteiger partial charge on any atom is -0.320 e. The maximum Gasteiger partial charge on any atom is 0.435 e. The summed E-state index contributed by atoms with van der Waals surface area (Å²) in [4.78, 5) is 12.9. The number of nitrogens with one attached hydrogen (secondary N) is 1. The Labute approximate surface area is 171 Å². The lowest BCUT2D eigenvalue weighted by molar-refractivity contribution is -0.141. The van der Waals surface area contributed by atoms with E-state index in [0.29, 0.717) is 5.69 Å². The second-order valence-corrected chi connectivity index (χ2v) is 7.03. The number of nitrogens with zero attached hydrogens (tertiary/aromatic N) is 2. The quantitative estimate of drug-likeness (QED) is 0.524. The molecule has 1 unspecified atom stereocenters. The van der Waals surface area contributed by atoms with Gasteiger partial charge in [-0.3, -0.25) is 4.79 Å². The van der Waals surface area contributed by atoms with Crippen molar-refractivity contribution in [1.29, 1.82) is 0 Å². The molecule has 0 aliphatic carbocycles. The van der Waals surface area contributed by atoms with E-state index >= 15 is 0 Å². The number of benzene rings is 2. The maximum atomic E-state index is 13.3. The molecule has 29 heavy (non-hydrogen) atoms. The number of amides is 1. The zero-order valence-corrected chi connectivity index (χ0v) is 16.6. The molecule has 1 amide bonds. The van der Waals surface area contributed by atoms with Crippen LogP contribution in [0.1, 0.15) is 47.9 Å². The zero-order chi connectivity index (χ0) is 21.2. The highest BCUT2D eigenvalue weighted by molar-refractivity contribution is 6.32. The second-order valence-electron chi connectivity index (χ2n) is 6.63. The number of alkyl halides is 3. The van der Waals surface area contributed by atoms with Gasteiger partial charge in [0, 0.05) is 11.8 Å². The number of hydrogen-bond donors (Lipinski definition) is 1. The predicted octanol–water partition coefficient (Wildman–Crippen LogP) is 6.31. The molecule has 0 saturated heterocycles. The number of para-hydroxylation sites is 2. The molecular formula is C21H19ClF3N3O. The molecule has 1 N–H and O–H groups in total. The summed E-state index contributed by atoms with van der Waals surface area (Å²) in [7, 11) is 0. The average molecular weight is 422 g/mol. The van der Waals surface area contributed by atoms with Crippen LogP contribution in [0.15, 0.2) is 54.6 Å². The van der Waals surface area contributed by atoms with Gasteiger partial charge in [-0.05, 0) is 36.1 Å². The molecule has 1 heterocycles. The smallest absolute Gasteiger partial charge is 0.320 e. The van der Waals surface area contributed by atoms with Gasteiger partial charge in [-0.25, -0.2) is 4.68 Å². The van der Waals surface area contributed by atoms with Crippen LogP contribution in [0.5, 0.6) is 0 Å². The van der Waals surface area contributed by atoms with Crippen molar-refractivity contribution in [2.24, 2.45) is 0 Å². The molecule has 152 valence electrons. The summed E-state index contributed by atoms with van der Waals surface area (Å²) in [5.74, 6) is -0.533. The molecule has 2 aromatic carbocycles.